The zero-order valence-electron chi connectivity index (χ0n) is 7.04. The molecular weight excluding hydrogens is 156 g/mol. The van der Waals surface area contributed by atoms with Crippen LogP contribution in [-0.2, 0) is 6.54 Å². The third kappa shape index (κ3) is 1.84. The van der Waals surface area contributed by atoms with Crippen LogP contribution in [0.4, 0.5) is 0 Å². The largest absolute Gasteiger partial charge is 0.312 e. The Kier molecular flexibility index (Phi) is 2.85. The number of hydrogen-bond acceptors (Lipinski definition) is 2. The summed E-state index contributed by atoms with van der Waals surface area (Å²) in [6.07, 6.45) is 3.39. The van der Waals surface area contributed by atoms with Gasteiger partial charge in [0.05, 0.1) is 0 Å². The molecule has 0 bridgehead atoms. The van der Waals surface area contributed by atoms with Crippen molar-refractivity contribution in [2.24, 2.45) is 0 Å². The predicted molar refractivity (Wildman–Crippen MR) is 46.2 cm³/mol. The Morgan fingerprint density at radius 1 is 1.50 bits per heavy atom. The lowest BCUT2D eigenvalue weighted by Gasteiger charge is -2.01. The fraction of sp³-hybridized carbons (Fsp3) is 0.500. The summed E-state index contributed by atoms with van der Waals surface area (Å²) in [6.45, 7) is 2.62. The highest BCUT2D eigenvalue weighted by molar-refractivity contribution is 4.86. The third-order valence-electron chi connectivity index (χ3n) is 1.66. The SMILES string of the molecule is CCCCn1[nH]ccc(=O)c1=O. The quantitative estimate of drug-likeness (QED) is 0.661. The van der Waals surface area contributed by atoms with Gasteiger partial charge in [0.2, 0.25) is 5.43 Å². The Balaban J connectivity index is 2.93. The maximum atomic E-state index is 11.1. The Bertz CT molecular complexity index is 351. The van der Waals surface area contributed by atoms with E-state index < -0.39 is 11.0 Å². The van der Waals surface area contributed by atoms with Crippen LogP contribution in [0, 0.1) is 0 Å². The second kappa shape index (κ2) is 3.90. The molecule has 0 radical (unpaired) electrons. The second-order valence-corrected chi connectivity index (χ2v) is 2.64. The lowest BCUT2D eigenvalue weighted by Crippen LogP contribution is -2.34. The highest BCUT2D eigenvalue weighted by Gasteiger charge is 1.96. The summed E-state index contributed by atoms with van der Waals surface area (Å²) in [7, 11) is 0. The van der Waals surface area contributed by atoms with E-state index in [1.165, 1.54) is 16.9 Å². The number of nitrogens with zero attached hydrogens (tertiary/aromatic N) is 1. The number of hydrogen-bond donors (Lipinski definition) is 1. The van der Waals surface area contributed by atoms with Crippen LogP contribution in [0.5, 0.6) is 0 Å². The van der Waals surface area contributed by atoms with Crippen LogP contribution >= 0.6 is 0 Å². The van der Waals surface area contributed by atoms with Crippen LogP contribution in [-0.4, -0.2) is 9.78 Å². The summed E-state index contributed by atoms with van der Waals surface area (Å²) in [6, 6.07) is 1.24. The first kappa shape index (κ1) is 8.77. The van der Waals surface area contributed by atoms with Crippen molar-refractivity contribution in [2.45, 2.75) is 26.3 Å². The highest BCUT2D eigenvalue weighted by Crippen LogP contribution is 1.87. The summed E-state index contributed by atoms with van der Waals surface area (Å²) < 4.78 is 1.34. The van der Waals surface area contributed by atoms with Crippen molar-refractivity contribution in [3.8, 4) is 0 Å². The van der Waals surface area contributed by atoms with Gasteiger partial charge in [-0.2, -0.15) is 0 Å². The van der Waals surface area contributed by atoms with Crippen molar-refractivity contribution < 1.29 is 0 Å². The Labute approximate surface area is 69.8 Å². The van der Waals surface area contributed by atoms with Crippen LogP contribution in [0.15, 0.2) is 21.9 Å². The topological polar surface area (TPSA) is 54.9 Å². The summed E-state index contributed by atoms with van der Waals surface area (Å²) in [4.78, 5) is 21.9. The Morgan fingerprint density at radius 3 is 2.92 bits per heavy atom. The van der Waals surface area contributed by atoms with E-state index in [0.29, 0.717) is 6.54 Å². The van der Waals surface area contributed by atoms with Gasteiger partial charge in [0, 0.05) is 18.8 Å². The van der Waals surface area contributed by atoms with Gasteiger partial charge in [-0.25, -0.2) is 0 Å². The summed E-state index contributed by atoms with van der Waals surface area (Å²) in [5.74, 6) is 0. The molecule has 0 aliphatic carbocycles. The van der Waals surface area contributed by atoms with Crippen molar-refractivity contribution in [1.29, 1.82) is 0 Å². The molecule has 0 aromatic carbocycles. The van der Waals surface area contributed by atoms with E-state index in [-0.39, 0.29) is 0 Å². The Hall–Kier alpha value is -1.32. The molecule has 0 amide bonds. The van der Waals surface area contributed by atoms with E-state index in [9.17, 15) is 9.59 Å². The Morgan fingerprint density at radius 2 is 2.25 bits per heavy atom. The number of aromatic amines is 1. The number of aromatic nitrogens is 2. The van der Waals surface area contributed by atoms with Crippen LogP contribution in [0.3, 0.4) is 0 Å². The van der Waals surface area contributed by atoms with E-state index in [1.807, 2.05) is 6.92 Å². The van der Waals surface area contributed by atoms with Gasteiger partial charge in [-0.1, -0.05) is 13.3 Å². The molecule has 1 aromatic heterocycles. The third-order valence-corrected chi connectivity index (χ3v) is 1.66. The van der Waals surface area contributed by atoms with E-state index in [4.69, 9.17) is 0 Å². The lowest BCUT2D eigenvalue weighted by molar-refractivity contribution is 0.539. The van der Waals surface area contributed by atoms with Gasteiger partial charge in [-0.15, -0.1) is 0 Å². The van der Waals surface area contributed by atoms with Crippen molar-refractivity contribution in [1.82, 2.24) is 9.78 Å². The molecule has 0 saturated heterocycles. The molecule has 4 nitrogen and oxygen atoms in total. The van der Waals surface area contributed by atoms with Gasteiger partial charge in [0.25, 0.3) is 0 Å². The monoisotopic (exact) mass is 168 g/mol. The van der Waals surface area contributed by atoms with Crippen LogP contribution < -0.4 is 11.0 Å². The molecule has 1 heterocycles. The van der Waals surface area contributed by atoms with Crippen molar-refractivity contribution in [3.05, 3.63) is 32.8 Å². The zero-order chi connectivity index (χ0) is 8.97. The molecule has 12 heavy (non-hydrogen) atoms. The van der Waals surface area contributed by atoms with Gasteiger partial charge in [-0.05, 0) is 6.42 Å². The maximum Gasteiger partial charge on any atom is 0.312 e. The highest BCUT2D eigenvalue weighted by atomic mass is 16.2. The lowest BCUT2D eigenvalue weighted by atomic mass is 10.3. The summed E-state index contributed by atoms with van der Waals surface area (Å²) in [5, 5.41) is 2.72. The van der Waals surface area contributed by atoms with Crippen molar-refractivity contribution >= 4 is 0 Å². The number of rotatable bonds is 3. The molecule has 0 fully saturated rings. The molecule has 0 unspecified atom stereocenters. The van der Waals surface area contributed by atoms with Gasteiger partial charge < -0.3 is 5.10 Å². The standard InChI is InChI=1S/C8H12N2O2/c1-2-3-6-10-8(12)7(11)4-5-9-10/h4-5,9H,2-3,6H2,1H3. The normalized spacial score (nSPS) is 10.1. The van der Waals surface area contributed by atoms with E-state index in [0.717, 1.165) is 12.8 Å². The molecule has 4 heteroatoms. The number of unbranched alkanes of at least 4 members (excludes halogenated alkanes) is 1. The molecule has 66 valence electrons. The minimum Gasteiger partial charge on any atom is -0.303 e. The number of nitrogens with one attached hydrogen (secondary N) is 1. The fourth-order valence-corrected chi connectivity index (χ4v) is 0.948. The van der Waals surface area contributed by atoms with E-state index in [1.54, 1.807) is 0 Å². The van der Waals surface area contributed by atoms with Gasteiger partial charge >= 0.3 is 5.56 Å². The van der Waals surface area contributed by atoms with Gasteiger partial charge in [-0.3, -0.25) is 14.3 Å². The average Bonchev–Trinajstić information content (AvgIpc) is 2.08. The number of H-pyrrole nitrogens is 1. The minimum atomic E-state index is -0.467. The van der Waals surface area contributed by atoms with Crippen molar-refractivity contribution in [3.63, 3.8) is 0 Å². The average molecular weight is 168 g/mol. The predicted octanol–water partition coefficient (Wildman–Crippen LogP) is 0.337. The maximum absolute atomic E-state index is 11.1. The molecular formula is C8H12N2O2. The first-order valence-corrected chi connectivity index (χ1v) is 4.04. The van der Waals surface area contributed by atoms with Crippen LogP contribution in [0.2, 0.25) is 0 Å². The molecule has 0 spiro atoms. The second-order valence-electron chi connectivity index (χ2n) is 2.64. The smallest absolute Gasteiger partial charge is 0.303 e. The molecule has 0 atom stereocenters. The van der Waals surface area contributed by atoms with E-state index >= 15 is 0 Å². The van der Waals surface area contributed by atoms with Crippen LogP contribution in [0.1, 0.15) is 19.8 Å². The number of aryl methyl sites for hydroxylation is 1. The van der Waals surface area contributed by atoms with E-state index in [2.05, 4.69) is 5.10 Å². The molecule has 0 aliphatic rings. The van der Waals surface area contributed by atoms with Crippen molar-refractivity contribution in [2.75, 3.05) is 0 Å². The molecule has 0 saturated carbocycles. The molecule has 1 N–H and O–H groups in total. The van der Waals surface area contributed by atoms with Crippen LogP contribution in [0.25, 0.3) is 0 Å². The molecule has 1 aromatic rings. The minimum absolute atomic E-state index is 0.454. The first-order valence-electron chi connectivity index (χ1n) is 4.04. The first-order chi connectivity index (χ1) is 5.75. The summed E-state index contributed by atoms with van der Waals surface area (Å²) in [5.41, 5.74) is -0.921. The molecule has 0 aliphatic heterocycles. The van der Waals surface area contributed by atoms with Gasteiger partial charge in [0.15, 0.2) is 0 Å². The van der Waals surface area contributed by atoms with Gasteiger partial charge in [0.1, 0.15) is 0 Å². The summed E-state index contributed by atoms with van der Waals surface area (Å²) >= 11 is 0. The fourth-order valence-electron chi connectivity index (χ4n) is 0.948. The molecule has 1 rings (SSSR count). The zero-order valence-corrected chi connectivity index (χ0v) is 7.04.